The zero-order valence-electron chi connectivity index (χ0n) is 15.0. The van der Waals surface area contributed by atoms with E-state index in [1.54, 1.807) is 11.8 Å². The summed E-state index contributed by atoms with van der Waals surface area (Å²) in [6, 6.07) is 10.2. The number of aryl methyl sites for hydroxylation is 1. The summed E-state index contributed by atoms with van der Waals surface area (Å²) in [5, 5.41) is 3.20. The predicted molar refractivity (Wildman–Crippen MR) is 102 cm³/mol. The van der Waals surface area contributed by atoms with Gasteiger partial charge in [0.05, 0.1) is 11.4 Å². The van der Waals surface area contributed by atoms with Crippen molar-refractivity contribution in [2.45, 2.75) is 51.3 Å². The van der Waals surface area contributed by atoms with Gasteiger partial charge < -0.3 is 9.73 Å². The van der Waals surface area contributed by atoms with Gasteiger partial charge in [-0.3, -0.25) is 4.79 Å². The second-order valence-corrected chi connectivity index (χ2v) is 7.80. The quantitative estimate of drug-likeness (QED) is 0.821. The lowest BCUT2D eigenvalue weighted by atomic mass is 9.86. The van der Waals surface area contributed by atoms with Crippen LogP contribution < -0.4 is 5.32 Å². The summed E-state index contributed by atoms with van der Waals surface area (Å²) in [6.07, 6.45) is 4.85. The van der Waals surface area contributed by atoms with Gasteiger partial charge in [-0.05, 0) is 37.8 Å². The first-order valence-corrected chi connectivity index (χ1v) is 10.2. The normalized spacial score (nSPS) is 20.4. The molecule has 4 nitrogen and oxygen atoms in total. The van der Waals surface area contributed by atoms with Crippen molar-refractivity contribution in [1.82, 2.24) is 10.3 Å². The summed E-state index contributed by atoms with van der Waals surface area (Å²) in [5.74, 6) is 3.36. The lowest BCUT2D eigenvalue weighted by Crippen LogP contribution is -2.41. The van der Waals surface area contributed by atoms with Gasteiger partial charge in [-0.2, -0.15) is 0 Å². The first-order chi connectivity index (χ1) is 12.1. The molecule has 1 aliphatic rings. The molecule has 25 heavy (non-hydrogen) atoms. The summed E-state index contributed by atoms with van der Waals surface area (Å²) < 4.78 is 5.77. The Hall–Kier alpha value is -1.75. The highest BCUT2D eigenvalue weighted by molar-refractivity contribution is 7.99. The molecule has 0 radical (unpaired) electrons. The molecule has 1 aromatic heterocycles. The number of thioether (sulfide) groups is 1. The molecule has 3 rings (SSSR count). The first-order valence-electron chi connectivity index (χ1n) is 9.02. The molecular formula is C20H26N2O2S. The zero-order chi connectivity index (χ0) is 17.6. The van der Waals surface area contributed by atoms with Gasteiger partial charge in [0.25, 0.3) is 0 Å². The van der Waals surface area contributed by atoms with Crippen molar-refractivity contribution >= 4 is 17.7 Å². The van der Waals surface area contributed by atoms with Gasteiger partial charge in [-0.1, -0.05) is 38.0 Å². The van der Waals surface area contributed by atoms with Gasteiger partial charge in [0.15, 0.2) is 0 Å². The summed E-state index contributed by atoms with van der Waals surface area (Å²) in [7, 11) is 0. The van der Waals surface area contributed by atoms with Crippen molar-refractivity contribution in [1.29, 1.82) is 0 Å². The van der Waals surface area contributed by atoms with E-state index in [1.807, 2.05) is 37.3 Å². The van der Waals surface area contributed by atoms with Crippen molar-refractivity contribution in [3.8, 4) is 11.5 Å². The van der Waals surface area contributed by atoms with Crippen molar-refractivity contribution in [3.63, 3.8) is 0 Å². The van der Waals surface area contributed by atoms with E-state index in [9.17, 15) is 4.79 Å². The smallest absolute Gasteiger partial charge is 0.230 e. The third-order valence-corrected chi connectivity index (χ3v) is 5.79. The highest BCUT2D eigenvalue weighted by atomic mass is 32.2. The van der Waals surface area contributed by atoms with Gasteiger partial charge in [0.1, 0.15) is 5.76 Å². The summed E-state index contributed by atoms with van der Waals surface area (Å²) in [4.78, 5) is 16.8. The minimum absolute atomic E-state index is 0.133. The zero-order valence-corrected chi connectivity index (χ0v) is 15.8. The Morgan fingerprint density at radius 2 is 2.04 bits per heavy atom. The molecule has 1 fully saturated rings. The number of nitrogens with zero attached hydrogens (tertiary/aromatic N) is 1. The second kappa shape index (κ2) is 8.56. The molecule has 2 atom stereocenters. The molecular weight excluding hydrogens is 332 g/mol. The SMILES string of the molecule is Cc1oc(-c2ccccc2)nc1CSCC(=O)N[C@H]1CCCC[C@@H]1C. The average molecular weight is 359 g/mol. The lowest BCUT2D eigenvalue weighted by Gasteiger charge is -2.29. The maximum Gasteiger partial charge on any atom is 0.230 e. The van der Waals surface area contributed by atoms with E-state index in [0.29, 0.717) is 29.4 Å². The Balaban J connectivity index is 1.49. The number of amides is 1. The molecule has 1 saturated carbocycles. The minimum atomic E-state index is 0.133. The van der Waals surface area contributed by atoms with Crippen LogP contribution in [0.2, 0.25) is 0 Å². The Bertz CT molecular complexity index is 699. The van der Waals surface area contributed by atoms with Gasteiger partial charge >= 0.3 is 0 Å². The van der Waals surface area contributed by atoms with Gasteiger partial charge in [-0.25, -0.2) is 4.98 Å². The van der Waals surface area contributed by atoms with Crippen LogP contribution in [0.3, 0.4) is 0 Å². The Morgan fingerprint density at radius 3 is 2.80 bits per heavy atom. The number of oxazole rings is 1. The van der Waals surface area contributed by atoms with E-state index in [1.165, 1.54) is 19.3 Å². The van der Waals surface area contributed by atoms with Crippen LogP contribution in [0.25, 0.3) is 11.5 Å². The first kappa shape index (κ1) is 18.1. The standard InChI is InChI=1S/C20H26N2O2S/c1-14-8-6-7-11-17(14)21-19(23)13-25-12-18-15(2)24-20(22-18)16-9-4-3-5-10-16/h3-5,9-10,14,17H,6-8,11-13H2,1-2H3,(H,21,23)/t14-,17-/m0/s1. The molecule has 0 unspecified atom stereocenters. The van der Waals surface area contributed by atoms with Crippen LogP contribution in [0.15, 0.2) is 34.7 Å². The molecule has 1 N–H and O–H groups in total. The molecule has 1 aromatic carbocycles. The van der Waals surface area contributed by atoms with E-state index in [0.717, 1.165) is 23.4 Å². The molecule has 134 valence electrons. The summed E-state index contributed by atoms with van der Waals surface area (Å²) in [6.45, 7) is 4.17. The fourth-order valence-corrected chi connectivity index (χ4v) is 4.12. The van der Waals surface area contributed by atoms with Crippen LogP contribution in [0, 0.1) is 12.8 Å². The molecule has 2 aromatic rings. The Morgan fingerprint density at radius 1 is 1.28 bits per heavy atom. The number of aromatic nitrogens is 1. The molecule has 1 amide bonds. The predicted octanol–water partition coefficient (Wildman–Crippen LogP) is 4.58. The van der Waals surface area contributed by atoms with Crippen molar-refractivity contribution in [3.05, 3.63) is 41.8 Å². The van der Waals surface area contributed by atoms with Crippen LogP contribution in [0.5, 0.6) is 0 Å². The van der Waals surface area contributed by atoms with Crippen LogP contribution in [-0.2, 0) is 10.5 Å². The topological polar surface area (TPSA) is 55.1 Å². The molecule has 0 bridgehead atoms. The Labute approximate surface area is 153 Å². The number of nitrogens with one attached hydrogen (secondary N) is 1. The van der Waals surface area contributed by atoms with Crippen molar-refractivity contribution in [2.75, 3.05) is 5.75 Å². The molecule has 0 aliphatic heterocycles. The number of carbonyl (C=O) groups excluding carboxylic acids is 1. The second-order valence-electron chi connectivity index (χ2n) is 6.82. The molecule has 1 heterocycles. The van der Waals surface area contributed by atoms with E-state index >= 15 is 0 Å². The largest absolute Gasteiger partial charge is 0.441 e. The molecule has 1 aliphatic carbocycles. The maximum atomic E-state index is 12.2. The average Bonchev–Trinajstić information content (AvgIpc) is 2.99. The molecule has 0 saturated heterocycles. The third kappa shape index (κ3) is 4.88. The minimum Gasteiger partial charge on any atom is -0.441 e. The number of rotatable bonds is 6. The van der Waals surface area contributed by atoms with Gasteiger partial charge in [-0.15, -0.1) is 11.8 Å². The van der Waals surface area contributed by atoms with Crippen LogP contribution in [-0.4, -0.2) is 22.7 Å². The third-order valence-electron chi connectivity index (χ3n) is 4.84. The number of hydrogen-bond acceptors (Lipinski definition) is 4. The monoisotopic (exact) mass is 358 g/mol. The van der Waals surface area contributed by atoms with E-state index < -0.39 is 0 Å². The maximum absolute atomic E-state index is 12.2. The van der Waals surface area contributed by atoms with Gasteiger partial charge in [0.2, 0.25) is 11.8 Å². The number of benzene rings is 1. The number of hydrogen-bond donors (Lipinski definition) is 1. The van der Waals surface area contributed by atoms with Crippen molar-refractivity contribution < 1.29 is 9.21 Å². The summed E-state index contributed by atoms with van der Waals surface area (Å²) >= 11 is 1.59. The van der Waals surface area contributed by atoms with E-state index in [-0.39, 0.29) is 5.91 Å². The van der Waals surface area contributed by atoms with Crippen molar-refractivity contribution in [2.24, 2.45) is 5.92 Å². The lowest BCUT2D eigenvalue weighted by molar-refractivity contribution is -0.119. The highest BCUT2D eigenvalue weighted by Gasteiger charge is 2.22. The molecule has 0 spiro atoms. The summed E-state index contributed by atoms with van der Waals surface area (Å²) in [5.41, 5.74) is 1.90. The fraction of sp³-hybridized carbons (Fsp3) is 0.500. The van der Waals surface area contributed by atoms with Gasteiger partial charge in [0, 0.05) is 17.4 Å². The van der Waals surface area contributed by atoms with Crippen LogP contribution >= 0.6 is 11.8 Å². The molecule has 5 heteroatoms. The number of carbonyl (C=O) groups is 1. The highest BCUT2D eigenvalue weighted by Crippen LogP contribution is 2.25. The van der Waals surface area contributed by atoms with Crippen LogP contribution in [0.1, 0.15) is 44.1 Å². The van der Waals surface area contributed by atoms with E-state index in [4.69, 9.17) is 4.42 Å². The van der Waals surface area contributed by atoms with E-state index in [2.05, 4.69) is 17.2 Å². The fourth-order valence-electron chi connectivity index (χ4n) is 3.29. The van der Waals surface area contributed by atoms with Crippen LogP contribution in [0.4, 0.5) is 0 Å². The Kier molecular flexibility index (Phi) is 6.19.